The number of rotatable bonds is 2. The van der Waals surface area contributed by atoms with Gasteiger partial charge in [-0.2, -0.15) is 0 Å². The van der Waals surface area contributed by atoms with Crippen molar-refractivity contribution in [2.45, 2.75) is 13.8 Å². The van der Waals surface area contributed by atoms with Crippen molar-refractivity contribution in [2.24, 2.45) is 0 Å². The second kappa shape index (κ2) is 3.82. The van der Waals surface area contributed by atoms with Crippen LogP contribution >= 0.6 is 11.3 Å². The molecule has 0 aliphatic carbocycles. The van der Waals surface area contributed by atoms with E-state index in [0.29, 0.717) is 5.95 Å². The van der Waals surface area contributed by atoms with E-state index < -0.39 is 0 Å². The first kappa shape index (κ1) is 9.85. The summed E-state index contributed by atoms with van der Waals surface area (Å²) in [5.74, 6) is 0.302. The van der Waals surface area contributed by atoms with Gasteiger partial charge in [0, 0.05) is 18.0 Å². The van der Waals surface area contributed by atoms with E-state index in [1.807, 2.05) is 12.3 Å². The molecule has 2 aromatic heterocycles. The van der Waals surface area contributed by atoms with Crippen molar-refractivity contribution in [2.75, 3.05) is 5.32 Å². The van der Waals surface area contributed by atoms with E-state index in [1.165, 1.54) is 18.3 Å². The van der Waals surface area contributed by atoms with E-state index in [4.69, 9.17) is 0 Å². The van der Waals surface area contributed by atoms with Crippen molar-refractivity contribution in [3.05, 3.63) is 17.3 Å². The van der Waals surface area contributed by atoms with Crippen molar-refractivity contribution in [3.8, 4) is 10.7 Å². The van der Waals surface area contributed by atoms with Gasteiger partial charge in [0.05, 0.1) is 11.9 Å². The molecule has 2 heterocycles. The van der Waals surface area contributed by atoms with Crippen LogP contribution in [0.5, 0.6) is 0 Å². The average molecular weight is 222 g/mol. The predicted molar refractivity (Wildman–Crippen MR) is 58.7 cm³/mol. The molecule has 1 amide bonds. The second-order valence-electron chi connectivity index (χ2n) is 3.12. The van der Waals surface area contributed by atoms with Crippen LogP contribution in [0, 0.1) is 6.92 Å². The van der Waals surface area contributed by atoms with Crippen LogP contribution in [0.15, 0.2) is 11.6 Å². The maximum absolute atomic E-state index is 10.8. The van der Waals surface area contributed by atoms with Crippen molar-refractivity contribution >= 4 is 23.2 Å². The number of thiazole rings is 1. The third kappa shape index (κ3) is 2.21. The molecule has 0 aromatic carbocycles. The van der Waals surface area contributed by atoms with Crippen molar-refractivity contribution in [1.29, 1.82) is 0 Å². The summed E-state index contributed by atoms with van der Waals surface area (Å²) in [7, 11) is 0. The lowest BCUT2D eigenvalue weighted by atomic mass is 10.5. The van der Waals surface area contributed by atoms with Crippen LogP contribution < -0.4 is 5.32 Å². The Kier molecular flexibility index (Phi) is 2.51. The first-order valence-corrected chi connectivity index (χ1v) is 5.28. The van der Waals surface area contributed by atoms with E-state index >= 15 is 0 Å². The summed E-state index contributed by atoms with van der Waals surface area (Å²) in [6.45, 7) is 3.38. The molecule has 0 bridgehead atoms. The van der Waals surface area contributed by atoms with E-state index in [1.54, 1.807) is 6.20 Å². The highest BCUT2D eigenvalue weighted by Crippen LogP contribution is 2.22. The van der Waals surface area contributed by atoms with Gasteiger partial charge in [-0.05, 0) is 6.92 Å². The molecule has 2 rings (SSSR count). The topological polar surface area (TPSA) is 70.7 Å². The standard InChI is InChI=1S/C9H10N4OS/c1-5-4-15-8(11-5)7-3-10-9(13-7)12-6(2)14/h3-4H,1-2H3,(H2,10,12,13,14). The number of nitrogens with one attached hydrogen (secondary N) is 2. The fraction of sp³-hybridized carbons (Fsp3) is 0.222. The fourth-order valence-electron chi connectivity index (χ4n) is 1.14. The monoisotopic (exact) mass is 222 g/mol. The first-order chi connectivity index (χ1) is 7.15. The number of aromatic nitrogens is 3. The lowest BCUT2D eigenvalue weighted by molar-refractivity contribution is -0.114. The Morgan fingerprint density at radius 2 is 2.40 bits per heavy atom. The Labute approximate surface area is 90.6 Å². The summed E-state index contributed by atoms with van der Waals surface area (Å²) >= 11 is 1.54. The molecule has 0 radical (unpaired) electrons. The molecule has 0 spiro atoms. The highest BCUT2D eigenvalue weighted by molar-refractivity contribution is 7.13. The number of aryl methyl sites for hydroxylation is 1. The van der Waals surface area contributed by atoms with Crippen molar-refractivity contribution < 1.29 is 4.79 Å². The number of amides is 1. The SMILES string of the molecule is CC(=O)Nc1ncc(-c2nc(C)cs2)[nH]1. The molecule has 2 N–H and O–H groups in total. The Morgan fingerprint density at radius 1 is 1.60 bits per heavy atom. The molecule has 0 saturated carbocycles. The van der Waals surface area contributed by atoms with Gasteiger partial charge in [0.15, 0.2) is 0 Å². The predicted octanol–water partition coefficient (Wildman–Crippen LogP) is 1.80. The molecular formula is C9H10N4OS. The Balaban J connectivity index is 2.23. The van der Waals surface area contributed by atoms with Crippen LogP contribution in [-0.4, -0.2) is 20.9 Å². The number of carbonyl (C=O) groups excluding carboxylic acids is 1. The van der Waals surface area contributed by atoms with Gasteiger partial charge in [0.1, 0.15) is 5.01 Å². The molecule has 0 aliphatic rings. The highest BCUT2D eigenvalue weighted by Gasteiger charge is 2.06. The van der Waals surface area contributed by atoms with E-state index in [2.05, 4.69) is 20.3 Å². The van der Waals surface area contributed by atoms with Crippen molar-refractivity contribution in [1.82, 2.24) is 15.0 Å². The van der Waals surface area contributed by atoms with Gasteiger partial charge in [-0.3, -0.25) is 10.1 Å². The number of nitrogens with zero attached hydrogens (tertiary/aromatic N) is 2. The number of aromatic amines is 1. The molecule has 15 heavy (non-hydrogen) atoms. The van der Waals surface area contributed by atoms with Gasteiger partial charge in [-0.1, -0.05) is 0 Å². The summed E-state index contributed by atoms with van der Waals surface area (Å²) in [6, 6.07) is 0. The molecular weight excluding hydrogens is 212 g/mol. The second-order valence-corrected chi connectivity index (χ2v) is 3.98. The summed E-state index contributed by atoms with van der Waals surface area (Å²) < 4.78 is 0. The minimum Gasteiger partial charge on any atom is -0.322 e. The minimum absolute atomic E-state index is 0.147. The number of carbonyl (C=O) groups is 1. The van der Waals surface area contributed by atoms with Crippen LogP contribution in [0.2, 0.25) is 0 Å². The smallest absolute Gasteiger partial charge is 0.223 e. The quantitative estimate of drug-likeness (QED) is 0.814. The molecule has 0 aliphatic heterocycles. The molecule has 6 heteroatoms. The van der Waals surface area contributed by atoms with Gasteiger partial charge in [0.25, 0.3) is 0 Å². The zero-order chi connectivity index (χ0) is 10.8. The van der Waals surface area contributed by atoms with Crippen LogP contribution in [-0.2, 0) is 4.79 Å². The fourth-order valence-corrected chi connectivity index (χ4v) is 1.90. The van der Waals surface area contributed by atoms with E-state index in [0.717, 1.165) is 16.4 Å². The highest BCUT2D eigenvalue weighted by atomic mass is 32.1. The number of anilines is 1. The van der Waals surface area contributed by atoms with Crippen LogP contribution in [0.1, 0.15) is 12.6 Å². The maximum atomic E-state index is 10.8. The third-order valence-electron chi connectivity index (χ3n) is 1.72. The van der Waals surface area contributed by atoms with Crippen LogP contribution in [0.3, 0.4) is 0 Å². The van der Waals surface area contributed by atoms with Crippen molar-refractivity contribution in [3.63, 3.8) is 0 Å². The zero-order valence-corrected chi connectivity index (χ0v) is 9.18. The van der Waals surface area contributed by atoms with Gasteiger partial charge in [-0.25, -0.2) is 9.97 Å². The van der Waals surface area contributed by atoms with Gasteiger partial charge < -0.3 is 4.98 Å². The Morgan fingerprint density at radius 3 is 3.00 bits per heavy atom. The number of hydrogen-bond donors (Lipinski definition) is 2. The van der Waals surface area contributed by atoms with E-state index in [-0.39, 0.29) is 5.91 Å². The number of H-pyrrole nitrogens is 1. The molecule has 78 valence electrons. The van der Waals surface area contributed by atoms with Gasteiger partial charge >= 0.3 is 0 Å². The lowest BCUT2D eigenvalue weighted by Crippen LogP contribution is -2.06. The summed E-state index contributed by atoms with van der Waals surface area (Å²) in [5.41, 5.74) is 1.79. The van der Waals surface area contributed by atoms with Crippen LogP contribution in [0.25, 0.3) is 10.7 Å². The van der Waals surface area contributed by atoms with Gasteiger partial charge in [0.2, 0.25) is 11.9 Å². The Hall–Kier alpha value is -1.69. The molecule has 0 atom stereocenters. The minimum atomic E-state index is -0.147. The van der Waals surface area contributed by atoms with Gasteiger partial charge in [-0.15, -0.1) is 11.3 Å². The molecule has 0 fully saturated rings. The molecule has 0 saturated heterocycles. The van der Waals surface area contributed by atoms with Crippen LogP contribution in [0.4, 0.5) is 5.95 Å². The van der Waals surface area contributed by atoms with E-state index in [9.17, 15) is 4.79 Å². The third-order valence-corrected chi connectivity index (χ3v) is 2.71. The summed E-state index contributed by atoms with van der Waals surface area (Å²) in [6.07, 6.45) is 1.66. The molecule has 5 nitrogen and oxygen atoms in total. The number of hydrogen-bond acceptors (Lipinski definition) is 4. The summed E-state index contributed by atoms with van der Waals surface area (Å²) in [4.78, 5) is 22.1. The lowest BCUT2D eigenvalue weighted by Gasteiger charge is -1.94. The Bertz CT molecular complexity index is 488. The average Bonchev–Trinajstić information content (AvgIpc) is 2.72. The normalized spacial score (nSPS) is 10.3. The zero-order valence-electron chi connectivity index (χ0n) is 8.37. The molecule has 0 unspecified atom stereocenters. The maximum Gasteiger partial charge on any atom is 0.223 e. The summed E-state index contributed by atoms with van der Waals surface area (Å²) in [5, 5.41) is 5.41. The largest absolute Gasteiger partial charge is 0.322 e. The number of imidazole rings is 1. The molecule has 2 aromatic rings. The first-order valence-electron chi connectivity index (χ1n) is 4.40.